The lowest BCUT2D eigenvalue weighted by Crippen LogP contribution is -2.14. The summed E-state index contributed by atoms with van der Waals surface area (Å²) in [4.78, 5) is 20.7. The molecule has 0 aliphatic rings. The van der Waals surface area contributed by atoms with Crippen molar-refractivity contribution in [3.05, 3.63) is 90.4 Å². The number of benzene rings is 2. The van der Waals surface area contributed by atoms with Crippen LogP contribution in [0.5, 0.6) is 0 Å². The molecule has 0 saturated heterocycles. The molecule has 8 heteroatoms. The lowest BCUT2D eigenvalue weighted by Gasteiger charge is -2.09. The van der Waals surface area contributed by atoms with Crippen LogP contribution in [0.1, 0.15) is 17.5 Å². The van der Waals surface area contributed by atoms with Crippen LogP contribution in [-0.2, 0) is 21.2 Å². The summed E-state index contributed by atoms with van der Waals surface area (Å²) in [5, 5.41) is 5.00. The zero-order chi connectivity index (χ0) is 22.6. The van der Waals surface area contributed by atoms with Crippen LogP contribution in [-0.4, -0.2) is 24.3 Å². The first kappa shape index (κ1) is 21.5. The van der Waals surface area contributed by atoms with Gasteiger partial charge in [-0.15, -0.1) is 0 Å². The highest BCUT2D eigenvalue weighted by Gasteiger charge is 2.14. The first-order valence-corrected chi connectivity index (χ1v) is 11.6. The molecule has 0 radical (unpaired) electrons. The van der Waals surface area contributed by atoms with Gasteiger partial charge in [0.15, 0.2) is 0 Å². The number of anilines is 2. The van der Waals surface area contributed by atoms with Crippen LogP contribution in [0.15, 0.2) is 84.1 Å². The third-order valence-corrected chi connectivity index (χ3v) is 6.39. The maximum absolute atomic E-state index is 12.5. The number of fused-ring (bicyclic) bond motifs is 1. The molecule has 4 aromatic rings. The number of nitrogens with zero attached hydrogens (tertiary/aromatic N) is 2. The van der Waals surface area contributed by atoms with Crippen LogP contribution in [0, 0.1) is 6.92 Å². The van der Waals surface area contributed by atoms with Gasteiger partial charge >= 0.3 is 0 Å². The molecule has 0 atom stereocenters. The maximum atomic E-state index is 12.5. The van der Waals surface area contributed by atoms with Gasteiger partial charge in [-0.05, 0) is 66.3 Å². The number of hydrogen-bond donors (Lipinski definition) is 2. The molecular weight excluding hydrogens is 424 g/mol. The van der Waals surface area contributed by atoms with Crippen LogP contribution in [0.4, 0.5) is 11.5 Å². The molecule has 2 aromatic carbocycles. The topological polar surface area (TPSA) is 101 Å². The van der Waals surface area contributed by atoms with E-state index in [2.05, 4.69) is 20.0 Å². The van der Waals surface area contributed by atoms with Crippen molar-refractivity contribution < 1.29 is 13.2 Å². The Morgan fingerprint density at radius 2 is 1.81 bits per heavy atom. The Hall–Kier alpha value is -3.78. The van der Waals surface area contributed by atoms with E-state index in [0.29, 0.717) is 6.42 Å². The molecule has 0 fully saturated rings. The molecule has 0 bridgehead atoms. The van der Waals surface area contributed by atoms with E-state index in [1.165, 1.54) is 18.3 Å². The van der Waals surface area contributed by atoms with Crippen molar-refractivity contribution in [2.75, 3.05) is 10.0 Å². The second kappa shape index (κ2) is 9.15. The molecule has 1 amide bonds. The fourth-order valence-corrected chi connectivity index (χ4v) is 4.33. The van der Waals surface area contributed by atoms with E-state index in [-0.39, 0.29) is 23.0 Å². The number of carbonyl (C=O) groups excluding carboxylic acids is 1. The Labute approximate surface area is 186 Å². The Morgan fingerprint density at radius 1 is 1.00 bits per heavy atom. The Morgan fingerprint density at radius 3 is 2.56 bits per heavy atom. The van der Waals surface area contributed by atoms with Gasteiger partial charge in [-0.25, -0.2) is 13.4 Å². The van der Waals surface area contributed by atoms with Crippen molar-refractivity contribution in [2.45, 2.75) is 24.7 Å². The number of amides is 1. The molecule has 0 aliphatic carbocycles. The number of rotatable bonds is 7. The summed E-state index contributed by atoms with van der Waals surface area (Å²) in [5.74, 6) is 0.151. The zero-order valence-corrected chi connectivity index (χ0v) is 18.3. The van der Waals surface area contributed by atoms with Crippen molar-refractivity contribution in [2.24, 2.45) is 0 Å². The molecule has 0 saturated carbocycles. The van der Waals surface area contributed by atoms with E-state index >= 15 is 0 Å². The first-order valence-electron chi connectivity index (χ1n) is 10.1. The number of nitrogens with one attached hydrogen (secondary N) is 2. The summed E-state index contributed by atoms with van der Waals surface area (Å²) >= 11 is 0. The number of carbonyl (C=O) groups is 1. The zero-order valence-electron chi connectivity index (χ0n) is 17.4. The molecule has 162 valence electrons. The number of pyridine rings is 2. The van der Waals surface area contributed by atoms with E-state index in [4.69, 9.17) is 0 Å². The largest absolute Gasteiger partial charge is 0.326 e. The molecule has 2 aromatic heterocycles. The van der Waals surface area contributed by atoms with Gasteiger partial charge in [-0.3, -0.25) is 14.5 Å². The number of hydrogen-bond acceptors (Lipinski definition) is 5. The summed E-state index contributed by atoms with van der Waals surface area (Å²) in [7, 11) is -3.72. The van der Waals surface area contributed by atoms with E-state index in [9.17, 15) is 13.2 Å². The van der Waals surface area contributed by atoms with E-state index in [1.54, 1.807) is 42.7 Å². The molecular formula is C24H22N4O3S. The van der Waals surface area contributed by atoms with Crippen molar-refractivity contribution in [1.82, 2.24) is 9.97 Å². The average molecular weight is 447 g/mol. The molecule has 2 N–H and O–H groups in total. The monoisotopic (exact) mass is 446 g/mol. The molecule has 2 heterocycles. The van der Waals surface area contributed by atoms with Crippen molar-refractivity contribution in [1.29, 1.82) is 0 Å². The summed E-state index contributed by atoms with van der Waals surface area (Å²) in [5.41, 5.74) is 2.65. The van der Waals surface area contributed by atoms with Crippen molar-refractivity contribution in [3.63, 3.8) is 0 Å². The molecule has 0 aliphatic heterocycles. The van der Waals surface area contributed by atoms with Crippen LogP contribution in [0.3, 0.4) is 0 Å². The number of aromatic nitrogens is 2. The predicted molar refractivity (Wildman–Crippen MR) is 125 cm³/mol. The molecule has 32 heavy (non-hydrogen) atoms. The van der Waals surface area contributed by atoms with Crippen LogP contribution < -0.4 is 10.0 Å². The fourth-order valence-electron chi connectivity index (χ4n) is 3.32. The molecule has 0 unspecified atom stereocenters. The third-order valence-electron chi connectivity index (χ3n) is 5.02. The first-order chi connectivity index (χ1) is 15.4. The standard InChI is InChI=1S/C24H22N4O3S/c1-17-15-25-16-19-8-9-20(14-22(17)19)27-24(29)12-7-18-5-10-21(11-6-18)32(30,31)28-23-4-2-3-13-26-23/h2-6,8-11,13-16H,7,12H2,1H3,(H,26,28)(H,27,29). The molecule has 4 rings (SSSR count). The third kappa shape index (κ3) is 5.09. The predicted octanol–water partition coefficient (Wildman–Crippen LogP) is 4.31. The highest BCUT2D eigenvalue weighted by molar-refractivity contribution is 7.92. The average Bonchev–Trinajstić information content (AvgIpc) is 2.79. The highest BCUT2D eigenvalue weighted by atomic mass is 32.2. The molecule has 7 nitrogen and oxygen atoms in total. The Kier molecular flexibility index (Phi) is 6.13. The summed E-state index contributed by atoms with van der Waals surface area (Å²) < 4.78 is 27.4. The van der Waals surface area contributed by atoms with Crippen LogP contribution in [0.2, 0.25) is 0 Å². The quantitative estimate of drug-likeness (QED) is 0.441. The van der Waals surface area contributed by atoms with E-state index in [1.807, 2.05) is 25.1 Å². The van der Waals surface area contributed by atoms with Gasteiger partial charge in [0.05, 0.1) is 4.90 Å². The maximum Gasteiger partial charge on any atom is 0.263 e. The minimum atomic E-state index is -3.72. The smallest absolute Gasteiger partial charge is 0.263 e. The van der Waals surface area contributed by atoms with Gasteiger partial charge in [-0.2, -0.15) is 0 Å². The van der Waals surface area contributed by atoms with Gasteiger partial charge in [0.1, 0.15) is 5.82 Å². The second-order valence-corrected chi connectivity index (χ2v) is 9.09. The van der Waals surface area contributed by atoms with Crippen LogP contribution in [0.25, 0.3) is 10.8 Å². The lowest BCUT2D eigenvalue weighted by molar-refractivity contribution is -0.116. The normalized spacial score (nSPS) is 11.3. The van der Waals surface area contributed by atoms with Crippen molar-refractivity contribution >= 4 is 38.2 Å². The van der Waals surface area contributed by atoms with Gasteiger partial charge in [-0.1, -0.05) is 24.3 Å². The fraction of sp³-hybridized carbons (Fsp3) is 0.125. The summed E-state index contributed by atoms with van der Waals surface area (Å²) in [6.07, 6.45) is 5.89. The Bertz CT molecular complexity index is 1360. The minimum absolute atomic E-state index is 0.107. The van der Waals surface area contributed by atoms with E-state index < -0.39 is 10.0 Å². The minimum Gasteiger partial charge on any atom is -0.326 e. The summed E-state index contributed by atoms with van der Waals surface area (Å²) in [6, 6.07) is 17.2. The lowest BCUT2D eigenvalue weighted by atomic mass is 10.1. The Balaban J connectivity index is 1.36. The van der Waals surface area contributed by atoms with Gasteiger partial charge in [0, 0.05) is 36.1 Å². The van der Waals surface area contributed by atoms with Crippen molar-refractivity contribution in [3.8, 4) is 0 Å². The van der Waals surface area contributed by atoms with Gasteiger partial charge in [0.2, 0.25) is 5.91 Å². The SMILES string of the molecule is Cc1cncc2ccc(NC(=O)CCc3ccc(S(=O)(=O)Nc4ccccn4)cc3)cc12. The number of aryl methyl sites for hydroxylation is 2. The summed E-state index contributed by atoms with van der Waals surface area (Å²) in [6.45, 7) is 1.98. The van der Waals surface area contributed by atoms with Crippen LogP contribution >= 0.6 is 0 Å². The van der Waals surface area contributed by atoms with Gasteiger partial charge < -0.3 is 5.32 Å². The second-order valence-electron chi connectivity index (χ2n) is 7.40. The van der Waals surface area contributed by atoms with E-state index in [0.717, 1.165) is 27.6 Å². The number of sulfonamides is 1. The van der Waals surface area contributed by atoms with Gasteiger partial charge in [0.25, 0.3) is 10.0 Å². The molecule has 0 spiro atoms. The highest BCUT2D eigenvalue weighted by Crippen LogP contribution is 2.22.